The number of aromatic amines is 1. The van der Waals surface area contributed by atoms with Gasteiger partial charge in [-0.05, 0) is 18.2 Å². The molecule has 0 aliphatic heterocycles. The van der Waals surface area contributed by atoms with Gasteiger partial charge in [0.15, 0.2) is 0 Å². The van der Waals surface area contributed by atoms with Gasteiger partial charge in [-0.3, -0.25) is 0 Å². The van der Waals surface area contributed by atoms with Crippen LogP contribution in [-0.4, -0.2) is 21.7 Å². The fraction of sp³-hybridized carbons (Fsp3) is 0.364. The van der Waals surface area contributed by atoms with Crippen molar-refractivity contribution in [3.63, 3.8) is 0 Å². The Morgan fingerprint density at radius 2 is 2.20 bits per heavy atom. The molecule has 80 valence electrons. The van der Waals surface area contributed by atoms with Crippen molar-refractivity contribution in [2.45, 2.75) is 19.3 Å². The van der Waals surface area contributed by atoms with Crippen molar-refractivity contribution >= 4 is 22.6 Å². The molecular formula is C11H13ClN2O. The molecule has 0 aliphatic rings. The normalized spacial score (nSPS) is 12.3. The summed E-state index contributed by atoms with van der Waals surface area (Å²) in [6.45, 7) is 3.93. The van der Waals surface area contributed by atoms with Gasteiger partial charge in [0.25, 0.3) is 0 Å². The fourth-order valence-electron chi connectivity index (χ4n) is 1.38. The summed E-state index contributed by atoms with van der Waals surface area (Å²) in [6.07, 6.45) is 0. The number of hydrogen-bond donors (Lipinski definition) is 2. The van der Waals surface area contributed by atoms with Crippen molar-refractivity contribution in [1.82, 2.24) is 9.97 Å². The lowest BCUT2D eigenvalue weighted by Gasteiger charge is -2.17. The molecule has 3 nitrogen and oxygen atoms in total. The third kappa shape index (κ3) is 1.85. The van der Waals surface area contributed by atoms with Crippen LogP contribution in [0.15, 0.2) is 18.2 Å². The Kier molecular flexibility index (Phi) is 2.44. The van der Waals surface area contributed by atoms with Gasteiger partial charge in [-0.15, -0.1) is 0 Å². The largest absolute Gasteiger partial charge is 0.395 e. The van der Waals surface area contributed by atoms with Gasteiger partial charge in [-0.2, -0.15) is 0 Å². The maximum atomic E-state index is 9.24. The van der Waals surface area contributed by atoms with Crippen LogP contribution in [0.25, 0.3) is 11.0 Å². The summed E-state index contributed by atoms with van der Waals surface area (Å²) in [5, 5.41) is 9.92. The van der Waals surface area contributed by atoms with Crippen LogP contribution in [-0.2, 0) is 5.41 Å². The average Bonchev–Trinajstić information content (AvgIpc) is 2.61. The van der Waals surface area contributed by atoms with E-state index in [-0.39, 0.29) is 12.0 Å². The van der Waals surface area contributed by atoms with E-state index in [1.807, 2.05) is 26.0 Å². The number of nitrogens with one attached hydrogen (secondary N) is 1. The van der Waals surface area contributed by atoms with Crippen molar-refractivity contribution in [2.75, 3.05) is 6.61 Å². The van der Waals surface area contributed by atoms with Crippen LogP contribution in [0.3, 0.4) is 0 Å². The summed E-state index contributed by atoms with van der Waals surface area (Å²) in [6, 6.07) is 5.51. The quantitative estimate of drug-likeness (QED) is 0.824. The number of hydrogen-bond acceptors (Lipinski definition) is 2. The van der Waals surface area contributed by atoms with E-state index in [0.717, 1.165) is 16.9 Å². The van der Waals surface area contributed by atoms with E-state index in [4.69, 9.17) is 11.6 Å². The number of aliphatic hydroxyl groups excluding tert-OH is 1. The molecule has 1 aromatic heterocycles. The van der Waals surface area contributed by atoms with Crippen LogP contribution in [0, 0.1) is 0 Å². The van der Waals surface area contributed by atoms with Gasteiger partial charge in [-0.25, -0.2) is 4.98 Å². The fourth-order valence-corrected chi connectivity index (χ4v) is 1.55. The van der Waals surface area contributed by atoms with Crippen molar-refractivity contribution < 1.29 is 5.11 Å². The molecule has 2 rings (SSSR count). The molecule has 0 radical (unpaired) electrons. The second-order valence-corrected chi connectivity index (χ2v) is 4.73. The third-order valence-electron chi connectivity index (χ3n) is 2.48. The lowest BCUT2D eigenvalue weighted by molar-refractivity contribution is 0.213. The molecular weight excluding hydrogens is 212 g/mol. The molecule has 0 saturated heterocycles. The highest BCUT2D eigenvalue weighted by molar-refractivity contribution is 6.31. The molecule has 0 bridgehead atoms. The predicted octanol–water partition coefficient (Wildman–Crippen LogP) is 2.49. The minimum atomic E-state index is -0.356. The van der Waals surface area contributed by atoms with E-state index in [9.17, 15) is 5.11 Å². The number of aliphatic hydroxyl groups is 1. The van der Waals surface area contributed by atoms with Crippen molar-refractivity contribution in [2.24, 2.45) is 0 Å². The van der Waals surface area contributed by atoms with Crippen molar-refractivity contribution in [3.05, 3.63) is 29.0 Å². The van der Waals surface area contributed by atoms with Crippen molar-refractivity contribution in [1.29, 1.82) is 0 Å². The zero-order chi connectivity index (χ0) is 11.1. The van der Waals surface area contributed by atoms with Gasteiger partial charge in [0, 0.05) is 10.4 Å². The Morgan fingerprint density at radius 1 is 1.47 bits per heavy atom. The number of aromatic nitrogens is 2. The summed E-state index contributed by atoms with van der Waals surface area (Å²) in [4.78, 5) is 7.59. The molecule has 2 aromatic rings. The smallest absolute Gasteiger partial charge is 0.115 e. The summed E-state index contributed by atoms with van der Waals surface area (Å²) < 4.78 is 0. The van der Waals surface area contributed by atoms with Crippen LogP contribution in [0.2, 0.25) is 5.02 Å². The Labute approximate surface area is 93.1 Å². The highest BCUT2D eigenvalue weighted by Crippen LogP contribution is 2.24. The molecule has 0 atom stereocenters. The molecule has 0 saturated carbocycles. The molecule has 0 spiro atoms. The van der Waals surface area contributed by atoms with Crippen LogP contribution in [0.1, 0.15) is 19.7 Å². The van der Waals surface area contributed by atoms with E-state index >= 15 is 0 Å². The van der Waals surface area contributed by atoms with E-state index in [0.29, 0.717) is 5.02 Å². The number of H-pyrrole nitrogens is 1. The number of rotatable bonds is 2. The summed E-state index contributed by atoms with van der Waals surface area (Å²) in [5.74, 6) is 0.780. The highest BCUT2D eigenvalue weighted by atomic mass is 35.5. The highest BCUT2D eigenvalue weighted by Gasteiger charge is 2.23. The second-order valence-electron chi connectivity index (χ2n) is 4.29. The van der Waals surface area contributed by atoms with Crippen molar-refractivity contribution in [3.8, 4) is 0 Å². The van der Waals surface area contributed by atoms with Crippen LogP contribution in [0.4, 0.5) is 0 Å². The second kappa shape index (κ2) is 3.51. The number of halogens is 1. The monoisotopic (exact) mass is 224 g/mol. The summed E-state index contributed by atoms with van der Waals surface area (Å²) >= 11 is 5.88. The van der Waals surface area contributed by atoms with Gasteiger partial charge in [-0.1, -0.05) is 25.4 Å². The Morgan fingerprint density at radius 3 is 2.87 bits per heavy atom. The first-order valence-electron chi connectivity index (χ1n) is 4.79. The molecule has 4 heteroatoms. The van der Waals surface area contributed by atoms with Crippen LogP contribution >= 0.6 is 11.6 Å². The number of benzene rings is 1. The van der Waals surface area contributed by atoms with Gasteiger partial charge in [0.1, 0.15) is 5.82 Å². The molecule has 0 unspecified atom stereocenters. The molecule has 0 amide bonds. The number of nitrogens with zero attached hydrogens (tertiary/aromatic N) is 1. The zero-order valence-corrected chi connectivity index (χ0v) is 9.47. The maximum Gasteiger partial charge on any atom is 0.115 e. The van der Waals surface area contributed by atoms with E-state index in [1.165, 1.54) is 0 Å². The third-order valence-corrected chi connectivity index (χ3v) is 2.72. The summed E-state index contributed by atoms with van der Waals surface area (Å²) in [5.41, 5.74) is 1.42. The topological polar surface area (TPSA) is 48.9 Å². The van der Waals surface area contributed by atoms with Gasteiger partial charge >= 0.3 is 0 Å². The lowest BCUT2D eigenvalue weighted by atomic mass is 9.94. The van der Waals surface area contributed by atoms with Gasteiger partial charge < -0.3 is 10.1 Å². The average molecular weight is 225 g/mol. The summed E-state index contributed by atoms with van der Waals surface area (Å²) in [7, 11) is 0. The Bertz CT molecular complexity index is 490. The SMILES string of the molecule is CC(C)(CO)c1nc2ccc(Cl)cc2[nH]1. The van der Waals surface area contributed by atoms with E-state index in [2.05, 4.69) is 9.97 Å². The Hall–Kier alpha value is -1.06. The minimum absolute atomic E-state index is 0.0561. The molecule has 0 aliphatic carbocycles. The first-order chi connectivity index (χ1) is 7.03. The Balaban J connectivity index is 2.56. The first-order valence-corrected chi connectivity index (χ1v) is 5.17. The maximum absolute atomic E-state index is 9.24. The molecule has 2 N–H and O–H groups in total. The molecule has 1 aromatic carbocycles. The molecule has 15 heavy (non-hydrogen) atoms. The van der Waals surface area contributed by atoms with E-state index < -0.39 is 0 Å². The number of fused-ring (bicyclic) bond motifs is 1. The van der Waals surface area contributed by atoms with E-state index in [1.54, 1.807) is 6.07 Å². The minimum Gasteiger partial charge on any atom is -0.395 e. The lowest BCUT2D eigenvalue weighted by Crippen LogP contribution is -2.23. The van der Waals surface area contributed by atoms with Gasteiger partial charge in [0.05, 0.1) is 17.6 Å². The molecule has 1 heterocycles. The first kappa shape index (κ1) is 10.5. The van der Waals surface area contributed by atoms with Crippen LogP contribution < -0.4 is 0 Å². The van der Waals surface area contributed by atoms with Gasteiger partial charge in [0.2, 0.25) is 0 Å². The zero-order valence-electron chi connectivity index (χ0n) is 8.71. The number of imidazole rings is 1. The molecule has 0 fully saturated rings. The van der Waals surface area contributed by atoms with Crippen LogP contribution in [0.5, 0.6) is 0 Å². The predicted molar refractivity (Wildman–Crippen MR) is 61.2 cm³/mol. The standard InChI is InChI=1S/C11H13ClN2O/c1-11(2,6-15)10-13-8-4-3-7(12)5-9(8)14-10/h3-5,15H,6H2,1-2H3,(H,13,14).